The average molecular weight is 237 g/mol. The van der Waals surface area contributed by atoms with E-state index in [9.17, 15) is 0 Å². The van der Waals surface area contributed by atoms with E-state index < -0.39 is 0 Å². The van der Waals surface area contributed by atoms with Crippen molar-refractivity contribution in [1.82, 2.24) is 4.98 Å². The van der Waals surface area contributed by atoms with Crippen LogP contribution in [-0.4, -0.2) is 24.7 Å². The van der Waals surface area contributed by atoms with Crippen molar-refractivity contribution in [2.45, 2.75) is 26.7 Å². The second kappa shape index (κ2) is 7.90. The third-order valence-corrected chi connectivity index (χ3v) is 2.60. The standard InChI is InChI=1S/C13H23N3O/c1-3-17-13-8-4-7-12(16-13)15-9-5-6-11(2)10-14/h4,7-8,11H,3,5-6,9-10,14H2,1-2H3,(H,15,16). The van der Waals surface area contributed by atoms with Crippen LogP contribution in [0.1, 0.15) is 26.7 Å². The highest BCUT2D eigenvalue weighted by Gasteiger charge is 2.00. The molecule has 4 nitrogen and oxygen atoms in total. The Hall–Kier alpha value is -1.29. The molecule has 0 aliphatic carbocycles. The van der Waals surface area contributed by atoms with Gasteiger partial charge in [-0.3, -0.25) is 0 Å². The Morgan fingerprint density at radius 2 is 2.29 bits per heavy atom. The van der Waals surface area contributed by atoms with Crippen molar-refractivity contribution >= 4 is 5.82 Å². The Morgan fingerprint density at radius 1 is 1.47 bits per heavy atom. The van der Waals surface area contributed by atoms with Crippen molar-refractivity contribution in [1.29, 1.82) is 0 Å². The highest BCUT2D eigenvalue weighted by atomic mass is 16.5. The van der Waals surface area contributed by atoms with E-state index in [4.69, 9.17) is 10.5 Å². The summed E-state index contributed by atoms with van der Waals surface area (Å²) in [5.41, 5.74) is 5.57. The number of pyridine rings is 1. The number of rotatable bonds is 8. The Labute approximate surface area is 104 Å². The van der Waals surface area contributed by atoms with Crippen LogP contribution >= 0.6 is 0 Å². The van der Waals surface area contributed by atoms with Gasteiger partial charge in [0.1, 0.15) is 5.82 Å². The summed E-state index contributed by atoms with van der Waals surface area (Å²) >= 11 is 0. The second-order valence-electron chi connectivity index (χ2n) is 4.20. The minimum Gasteiger partial charge on any atom is -0.478 e. The summed E-state index contributed by atoms with van der Waals surface area (Å²) in [6.45, 7) is 6.46. The fourth-order valence-electron chi connectivity index (χ4n) is 1.53. The van der Waals surface area contributed by atoms with Crippen molar-refractivity contribution < 1.29 is 4.74 Å². The summed E-state index contributed by atoms with van der Waals surface area (Å²) in [5, 5.41) is 3.29. The van der Waals surface area contributed by atoms with Crippen molar-refractivity contribution in [3.8, 4) is 5.88 Å². The minimum atomic E-state index is 0.597. The summed E-state index contributed by atoms with van der Waals surface area (Å²) < 4.78 is 5.34. The highest BCUT2D eigenvalue weighted by molar-refractivity contribution is 5.36. The van der Waals surface area contributed by atoms with Gasteiger partial charge in [0.15, 0.2) is 0 Å². The molecule has 1 heterocycles. The first-order valence-electron chi connectivity index (χ1n) is 6.30. The van der Waals surface area contributed by atoms with Crippen LogP contribution in [0.3, 0.4) is 0 Å². The molecule has 0 saturated carbocycles. The van der Waals surface area contributed by atoms with E-state index in [1.54, 1.807) is 0 Å². The van der Waals surface area contributed by atoms with Crippen molar-refractivity contribution in [3.63, 3.8) is 0 Å². The maximum atomic E-state index is 5.57. The van der Waals surface area contributed by atoms with Crippen LogP contribution in [-0.2, 0) is 0 Å². The zero-order valence-electron chi connectivity index (χ0n) is 10.8. The number of aromatic nitrogens is 1. The predicted molar refractivity (Wildman–Crippen MR) is 71.3 cm³/mol. The monoisotopic (exact) mass is 237 g/mol. The molecular formula is C13H23N3O. The fraction of sp³-hybridized carbons (Fsp3) is 0.615. The van der Waals surface area contributed by atoms with E-state index >= 15 is 0 Å². The number of nitrogens with two attached hydrogens (primary N) is 1. The molecule has 1 rings (SSSR count). The lowest BCUT2D eigenvalue weighted by atomic mass is 10.1. The largest absolute Gasteiger partial charge is 0.478 e. The summed E-state index contributed by atoms with van der Waals surface area (Å²) in [6.07, 6.45) is 2.26. The molecule has 3 N–H and O–H groups in total. The van der Waals surface area contributed by atoms with Gasteiger partial charge in [0.2, 0.25) is 5.88 Å². The number of ether oxygens (including phenoxy) is 1. The minimum absolute atomic E-state index is 0.597. The van der Waals surface area contributed by atoms with Crippen LogP contribution in [0.15, 0.2) is 18.2 Å². The molecule has 96 valence electrons. The van der Waals surface area contributed by atoms with Gasteiger partial charge in [-0.15, -0.1) is 0 Å². The Morgan fingerprint density at radius 3 is 3.00 bits per heavy atom. The van der Waals surface area contributed by atoms with Crippen LogP contribution in [0.2, 0.25) is 0 Å². The first-order valence-corrected chi connectivity index (χ1v) is 6.30. The average Bonchev–Trinajstić information content (AvgIpc) is 2.35. The number of hydrogen-bond acceptors (Lipinski definition) is 4. The number of anilines is 1. The molecule has 1 atom stereocenters. The maximum absolute atomic E-state index is 5.57. The first kappa shape index (κ1) is 13.8. The van der Waals surface area contributed by atoms with Crippen molar-refractivity contribution in [2.24, 2.45) is 11.7 Å². The third kappa shape index (κ3) is 5.54. The SMILES string of the molecule is CCOc1cccc(NCCCC(C)CN)n1. The second-order valence-corrected chi connectivity index (χ2v) is 4.20. The maximum Gasteiger partial charge on any atom is 0.215 e. The Balaban J connectivity index is 2.28. The fourth-order valence-corrected chi connectivity index (χ4v) is 1.53. The molecule has 4 heteroatoms. The zero-order chi connectivity index (χ0) is 12.5. The molecule has 1 aromatic rings. The summed E-state index contributed by atoms with van der Waals surface area (Å²) in [5.74, 6) is 2.14. The van der Waals surface area contributed by atoms with Gasteiger partial charge < -0.3 is 15.8 Å². The lowest BCUT2D eigenvalue weighted by Gasteiger charge is -2.10. The van der Waals surface area contributed by atoms with E-state index in [1.807, 2.05) is 25.1 Å². The van der Waals surface area contributed by atoms with E-state index in [1.165, 1.54) is 0 Å². The van der Waals surface area contributed by atoms with Gasteiger partial charge in [0, 0.05) is 12.6 Å². The van der Waals surface area contributed by atoms with Gasteiger partial charge in [0.25, 0.3) is 0 Å². The van der Waals surface area contributed by atoms with Crippen LogP contribution in [0.5, 0.6) is 5.88 Å². The normalized spacial score (nSPS) is 12.2. The van der Waals surface area contributed by atoms with E-state index in [-0.39, 0.29) is 0 Å². The molecule has 0 fully saturated rings. The summed E-state index contributed by atoms with van der Waals surface area (Å²) in [7, 11) is 0. The Kier molecular flexibility index (Phi) is 6.40. The molecule has 0 amide bonds. The highest BCUT2D eigenvalue weighted by Crippen LogP contribution is 2.11. The molecule has 0 spiro atoms. The molecular weight excluding hydrogens is 214 g/mol. The summed E-state index contributed by atoms with van der Waals surface area (Å²) in [6, 6.07) is 5.77. The van der Waals surface area contributed by atoms with Gasteiger partial charge in [-0.25, -0.2) is 0 Å². The van der Waals surface area contributed by atoms with Gasteiger partial charge in [0.05, 0.1) is 6.61 Å². The van der Waals surface area contributed by atoms with Crippen LogP contribution < -0.4 is 15.8 Å². The molecule has 17 heavy (non-hydrogen) atoms. The molecule has 0 saturated heterocycles. The molecule has 0 aromatic carbocycles. The number of nitrogens with one attached hydrogen (secondary N) is 1. The molecule has 0 radical (unpaired) electrons. The number of hydrogen-bond donors (Lipinski definition) is 2. The first-order chi connectivity index (χ1) is 8.26. The van der Waals surface area contributed by atoms with Gasteiger partial charge in [-0.05, 0) is 38.3 Å². The van der Waals surface area contributed by atoms with Crippen LogP contribution in [0, 0.1) is 5.92 Å². The van der Waals surface area contributed by atoms with E-state index in [0.29, 0.717) is 18.4 Å². The van der Waals surface area contributed by atoms with Crippen LogP contribution in [0.25, 0.3) is 0 Å². The van der Waals surface area contributed by atoms with E-state index in [0.717, 1.165) is 31.7 Å². The van der Waals surface area contributed by atoms with E-state index in [2.05, 4.69) is 17.2 Å². The number of nitrogens with zero attached hydrogens (tertiary/aromatic N) is 1. The van der Waals surface area contributed by atoms with Gasteiger partial charge in [-0.2, -0.15) is 4.98 Å². The molecule has 0 bridgehead atoms. The third-order valence-electron chi connectivity index (χ3n) is 2.60. The molecule has 1 aromatic heterocycles. The van der Waals surface area contributed by atoms with Crippen molar-refractivity contribution in [3.05, 3.63) is 18.2 Å². The van der Waals surface area contributed by atoms with Crippen LogP contribution in [0.4, 0.5) is 5.82 Å². The van der Waals surface area contributed by atoms with Crippen molar-refractivity contribution in [2.75, 3.05) is 25.0 Å². The smallest absolute Gasteiger partial charge is 0.215 e. The molecule has 1 unspecified atom stereocenters. The molecule has 0 aliphatic rings. The zero-order valence-corrected chi connectivity index (χ0v) is 10.8. The predicted octanol–water partition coefficient (Wildman–Crippen LogP) is 2.27. The van der Waals surface area contributed by atoms with Gasteiger partial charge >= 0.3 is 0 Å². The lowest BCUT2D eigenvalue weighted by Crippen LogP contribution is -2.12. The van der Waals surface area contributed by atoms with Gasteiger partial charge in [-0.1, -0.05) is 13.0 Å². The Bertz CT molecular complexity index is 317. The summed E-state index contributed by atoms with van der Waals surface area (Å²) in [4.78, 5) is 4.34. The molecule has 0 aliphatic heterocycles. The lowest BCUT2D eigenvalue weighted by molar-refractivity contribution is 0.327. The quantitative estimate of drug-likeness (QED) is 0.681. The topological polar surface area (TPSA) is 60.2 Å².